The second-order valence-corrected chi connectivity index (χ2v) is 4.64. The molecule has 0 aromatic carbocycles. The van der Waals surface area contributed by atoms with Crippen LogP contribution in [0.4, 0.5) is 0 Å². The van der Waals surface area contributed by atoms with Crippen LogP contribution >= 0.6 is 0 Å². The molecule has 1 rings (SSSR count). The molecule has 0 aliphatic heterocycles. The molecule has 1 aromatic heterocycles. The van der Waals surface area contributed by atoms with Crippen molar-refractivity contribution in [2.45, 2.75) is 27.2 Å². The van der Waals surface area contributed by atoms with Crippen molar-refractivity contribution in [1.82, 2.24) is 14.8 Å². The van der Waals surface area contributed by atoms with Crippen molar-refractivity contribution in [2.75, 3.05) is 32.7 Å². The Hall–Kier alpha value is -1.62. The van der Waals surface area contributed by atoms with E-state index in [4.69, 9.17) is 0 Å². The zero-order chi connectivity index (χ0) is 15.0. The van der Waals surface area contributed by atoms with Crippen LogP contribution in [0, 0.1) is 0 Å². The summed E-state index contributed by atoms with van der Waals surface area (Å²) in [5, 5.41) is 9.70. The van der Waals surface area contributed by atoms with E-state index in [-0.39, 0.29) is 17.4 Å². The Morgan fingerprint density at radius 3 is 2.45 bits per heavy atom. The molecule has 1 aromatic rings. The predicted octanol–water partition coefficient (Wildman–Crippen LogP) is 1.98. The lowest BCUT2D eigenvalue weighted by molar-refractivity contribution is 0.0748. The monoisotopic (exact) mass is 279 g/mol. The molecular weight excluding hydrogens is 254 g/mol. The summed E-state index contributed by atoms with van der Waals surface area (Å²) in [6.07, 6.45) is 2.45. The zero-order valence-corrected chi connectivity index (χ0v) is 12.7. The highest BCUT2D eigenvalue weighted by atomic mass is 16.3. The van der Waals surface area contributed by atoms with Crippen LogP contribution in [0.2, 0.25) is 0 Å². The van der Waals surface area contributed by atoms with Gasteiger partial charge in [0.25, 0.3) is 5.91 Å². The van der Waals surface area contributed by atoms with E-state index in [1.165, 1.54) is 12.3 Å². The van der Waals surface area contributed by atoms with E-state index >= 15 is 0 Å². The minimum absolute atomic E-state index is 0.0558. The van der Waals surface area contributed by atoms with Gasteiger partial charge >= 0.3 is 0 Å². The van der Waals surface area contributed by atoms with Crippen LogP contribution in [0.1, 0.15) is 37.7 Å². The number of hydrogen-bond donors (Lipinski definition) is 1. The number of carbonyl (C=O) groups is 1. The van der Waals surface area contributed by atoms with Gasteiger partial charge < -0.3 is 14.9 Å². The zero-order valence-electron chi connectivity index (χ0n) is 12.7. The standard InChI is InChI=1S/C15H25N3O2/c1-4-17(5-2)11-8-12-18(6-3)15(20)14-13(19)9-7-10-16-14/h7,9-10,19H,4-6,8,11-12H2,1-3H3. The van der Waals surface area contributed by atoms with E-state index in [1.54, 1.807) is 11.0 Å². The molecule has 112 valence electrons. The van der Waals surface area contributed by atoms with Crippen molar-refractivity contribution in [3.63, 3.8) is 0 Å². The normalized spacial score (nSPS) is 10.8. The third-order valence-corrected chi connectivity index (χ3v) is 3.45. The average molecular weight is 279 g/mol. The molecular formula is C15H25N3O2. The number of aromatic hydroxyl groups is 1. The van der Waals surface area contributed by atoms with E-state index in [1.807, 2.05) is 6.92 Å². The molecule has 1 N–H and O–H groups in total. The Balaban J connectivity index is 2.58. The van der Waals surface area contributed by atoms with Gasteiger partial charge in [0, 0.05) is 19.3 Å². The lowest BCUT2D eigenvalue weighted by Crippen LogP contribution is -2.34. The maximum Gasteiger partial charge on any atom is 0.276 e. The van der Waals surface area contributed by atoms with Gasteiger partial charge in [0.05, 0.1) is 0 Å². The van der Waals surface area contributed by atoms with Gasteiger partial charge in [0.1, 0.15) is 5.75 Å². The topological polar surface area (TPSA) is 56.7 Å². The molecule has 0 spiro atoms. The average Bonchev–Trinajstić information content (AvgIpc) is 2.47. The summed E-state index contributed by atoms with van der Waals surface area (Å²) >= 11 is 0. The Kier molecular flexibility index (Phi) is 7.01. The Labute approximate surface area is 121 Å². The number of amides is 1. The molecule has 5 heteroatoms. The van der Waals surface area contributed by atoms with Crippen molar-refractivity contribution in [3.8, 4) is 5.75 Å². The summed E-state index contributed by atoms with van der Waals surface area (Å²) < 4.78 is 0. The quantitative estimate of drug-likeness (QED) is 0.790. The molecule has 0 aliphatic rings. The summed E-state index contributed by atoms with van der Waals surface area (Å²) in [5.41, 5.74) is 0.136. The van der Waals surface area contributed by atoms with Crippen molar-refractivity contribution >= 4 is 5.91 Å². The van der Waals surface area contributed by atoms with Crippen LogP contribution in [0.25, 0.3) is 0 Å². The fourth-order valence-electron chi connectivity index (χ4n) is 2.14. The summed E-state index contributed by atoms with van der Waals surface area (Å²) in [4.78, 5) is 20.3. The molecule has 0 radical (unpaired) electrons. The first kappa shape index (κ1) is 16.4. The molecule has 0 fully saturated rings. The minimum atomic E-state index is -0.204. The number of rotatable bonds is 8. The third-order valence-electron chi connectivity index (χ3n) is 3.45. The largest absolute Gasteiger partial charge is 0.505 e. The van der Waals surface area contributed by atoms with Crippen LogP contribution in [-0.2, 0) is 0 Å². The molecule has 0 aliphatic carbocycles. The number of aromatic nitrogens is 1. The number of nitrogens with zero attached hydrogens (tertiary/aromatic N) is 3. The Bertz CT molecular complexity index is 419. The van der Waals surface area contributed by atoms with E-state index in [0.717, 1.165) is 26.1 Å². The van der Waals surface area contributed by atoms with Crippen molar-refractivity contribution in [3.05, 3.63) is 24.0 Å². The van der Waals surface area contributed by atoms with Crippen molar-refractivity contribution < 1.29 is 9.90 Å². The Morgan fingerprint density at radius 1 is 1.20 bits per heavy atom. The highest BCUT2D eigenvalue weighted by molar-refractivity contribution is 5.94. The minimum Gasteiger partial charge on any atom is -0.505 e. The van der Waals surface area contributed by atoms with Crippen LogP contribution in [-0.4, -0.2) is 58.5 Å². The summed E-state index contributed by atoms with van der Waals surface area (Å²) in [6, 6.07) is 3.10. The molecule has 0 unspecified atom stereocenters. The second kappa shape index (κ2) is 8.53. The SMILES string of the molecule is CCN(CC)CCCN(CC)C(=O)c1ncccc1O. The molecule has 0 saturated carbocycles. The van der Waals surface area contributed by atoms with E-state index in [0.29, 0.717) is 13.1 Å². The molecule has 0 saturated heterocycles. The Morgan fingerprint density at radius 2 is 1.90 bits per heavy atom. The second-order valence-electron chi connectivity index (χ2n) is 4.64. The lowest BCUT2D eigenvalue weighted by atomic mass is 10.2. The van der Waals surface area contributed by atoms with Gasteiger partial charge in [-0.3, -0.25) is 4.79 Å². The molecule has 1 amide bonds. The van der Waals surface area contributed by atoms with Gasteiger partial charge in [-0.1, -0.05) is 13.8 Å². The van der Waals surface area contributed by atoms with E-state index in [9.17, 15) is 9.90 Å². The first-order valence-electron chi connectivity index (χ1n) is 7.29. The third kappa shape index (κ3) is 4.49. The first-order chi connectivity index (χ1) is 9.63. The van der Waals surface area contributed by atoms with Gasteiger partial charge in [0.15, 0.2) is 5.69 Å². The summed E-state index contributed by atoms with van der Waals surface area (Å²) in [5.74, 6) is -0.259. The lowest BCUT2D eigenvalue weighted by Gasteiger charge is -2.23. The molecule has 1 heterocycles. The van der Waals surface area contributed by atoms with Crippen molar-refractivity contribution in [1.29, 1.82) is 0 Å². The number of carbonyl (C=O) groups excluding carboxylic acids is 1. The molecule has 5 nitrogen and oxygen atoms in total. The van der Waals surface area contributed by atoms with Crippen LogP contribution in [0.5, 0.6) is 5.75 Å². The predicted molar refractivity (Wildman–Crippen MR) is 79.9 cm³/mol. The van der Waals surface area contributed by atoms with Gasteiger partial charge in [0.2, 0.25) is 0 Å². The smallest absolute Gasteiger partial charge is 0.276 e. The molecule has 0 atom stereocenters. The fraction of sp³-hybridized carbons (Fsp3) is 0.600. The van der Waals surface area contributed by atoms with Crippen molar-refractivity contribution in [2.24, 2.45) is 0 Å². The summed E-state index contributed by atoms with van der Waals surface area (Å²) in [6.45, 7) is 10.5. The van der Waals surface area contributed by atoms with Gasteiger partial charge in [-0.15, -0.1) is 0 Å². The number of pyridine rings is 1. The molecule has 20 heavy (non-hydrogen) atoms. The summed E-state index contributed by atoms with van der Waals surface area (Å²) in [7, 11) is 0. The van der Waals surface area contributed by atoms with Gasteiger partial charge in [-0.05, 0) is 45.1 Å². The van der Waals surface area contributed by atoms with E-state index < -0.39 is 0 Å². The fourth-order valence-corrected chi connectivity index (χ4v) is 2.14. The van der Waals surface area contributed by atoms with Crippen LogP contribution < -0.4 is 0 Å². The maximum atomic E-state index is 12.3. The van der Waals surface area contributed by atoms with Crippen LogP contribution in [0.15, 0.2) is 18.3 Å². The van der Waals surface area contributed by atoms with Gasteiger partial charge in [-0.25, -0.2) is 4.98 Å². The number of hydrogen-bond acceptors (Lipinski definition) is 4. The highest BCUT2D eigenvalue weighted by Gasteiger charge is 2.18. The van der Waals surface area contributed by atoms with Crippen LogP contribution in [0.3, 0.4) is 0 Å². The first-order valence-corrected chi connectivity index (χ1v) is 7.29. The van der Waals surface area contributed by atoms with E-state index in [2.05, 4.69) is 23.7 Å². The molecule has 0 bridgehead atoms. The maximum absolute atomic E-state index is 12.3. The highest BCUT2D eigenvalue weighted by Crippen LogP contribution is 2.15. The van der Waals surface area contributed by atoms with Gasteiger partial charge in [-0.2, -0.15) is 0 Å².